The molecule has 0 aliphatic heterocycles. The van der Waals surface area contributed by atoms with Gasteiger partial charge in [0.15, 0.2) is 0 Å². The van der Waals surface area contributed by atoms with Crippen molar-refractivity contribution in [3.05, 3.63) is 66.7 Å². The van der Waals surface area contributed by atoms with E-state index >= 15 is 0 Å². The minimum atomic E-state index is -1.98. The fourth-order valence-electron chi connectivity index (χ4n) is 2.04. The molecule has 0 heterocycles. The molecule has 0 amide bonds. The molecule has 2 nitrogen and oxygen atoms in total. The highest BCUT2D eigenvalue weighted by Crippen LogP contribution is 2.21. The number of ether oxygens (including phenoxy) is 1. The SMILES string of the molecule is C=C(O[Si](C)(C)c1ccccc1)c1ccc(OC)cc1. The number of hydrogen-bond donors (Lipinski definition) is 0. The van der Waals surface area contributed by atoms with E-state index in [-0.39, 0.29) is 0 Å². The topological polar surface area (TPSA) is 18.5 Å². The summed E-state index contributed by atoms with van der Waals surface area (Å²) in [4.78, 5) is 0. The maximum Gasteiger partial charge on any atom is 0.276 e. The van der Waals surface area contributed by atoms with Crippen LogP contribution in [0, 0.1) is 0 Å². The lowest BCUT2D eigenvalue weighted by Gasteiger charge is -2.26. The van der Waals surface area contributed by atoms with Crippen LogP contribution in [0.15, 0.2) is 61.2 Å². The molecule has 0 N–H and O–H groups in total. The van der Waals surface area contributed by atoms with Gasteiger partial charge in [-0.2, -0.15) is 0 Å². The molecular formula is C17H20O2Si. The Kier molecular flexibility index (Phi) is 4.30. The lowest BCUT2D eigenvalue weighted by molar-refractivity contribution is 0.414. The zero-order chi connectivity index (χ0) is 14.6. The molecule has 0 unspecified atom stereocenters. The largest absolute Gasteiger partial charge is 0.540 e. The second kappa shape index (κ2) is 5.97. The molecule has 0 saturated heterocycles. The van der Waals surface area contributed by atoms with Crippen LogP contribution in [0.1, 0.15) is 5.56 Å². The summed E-state index contributed by atoms with van der Waals surface area (Å²) in [6, 6.07) is 18.1. The highest BCUT2D eigenvalue weighted by molar-refractivity contribution is 6.85. The van der Waals surface area contributed by atoms with Gasteiger partial charge >= 0.3 is 0 Å². The maximum absolute atomic E-state index is 6.19. The molecule has 0 aromatic heterocycles. The summed E-state index contributed by atoms with van der Waals surface area (Å²) in [6.07, 6.45) is 0. The summed E-state index contributed by atoms with van der Waals surface area (Å²) in [5, 5.41) is 1.26. The summed E-state index contributed by atoms with van der Waals surface area (Å²) in [5.74, 6) is 1.55. The van der Waals surface area contributed by atoms with Gasteiger partial charge in [0.2, 0.25) is 0 Å². The van der Waals surface area contributed by atoms with Crippen molar-refractivity contribution in [1.82, 2.24) is 0 Å². The summed E-state index contributed by atoms with van der Waals surface area (Å²) < 4.78 is 11.3. The molecule has 3 heteroatoms. The Morgan fingerprint density at radius 2 is 1.55 bits per heavy atom. The quantitative estimate of drug-likeness (QED) is 0.614. The van der Waals surface area contributed by atoms with E-state index in [0.29, 0.717) is 5.76 Å². The standard InChI is InChI=1S/C17H20O2Si/c1-14(15-10-12-16(18-2)13-11-15)19-20(3,4)17-8-6-5-7-9-17/h5-13H,1H2,2-4H3. The minimum Gasteiger partial charge on any atom is -0.540 e. The lowest BCUT2D eigenvalue weighted by atomic mass is 10.2. The van der Waals surface area contributed by atoms with Crippen LogP contribution >= 0.6 is 0 Å². The van der Waals surface area contributed by atoms with Crippen LogP contribution in [0.25, 0.3) is 5.76 Å². The van der Waals surface area contributed by atoms with Crippen LogP contribution in [0.3, 0.4) is 0 Å². The predicted octanol–water partition coefficient (Wildman–Crippen LogP) is 3.79. The molecule has 0 saturated carbocycles. The molecule has 20 heavy (non-hydrogen) atoms. The van der Waals surface area contributed by atoms with E-state index in [9.17, 15) is 0 Å². The van der Waals surface area contributed by atoms with Gasteiger partial charge in [-0.3, -0.25) is 0 Å². The average molecular weight is 284 g/mol. The van der Waals surface area contributed by atoms with Gasteiger partial charge in [-0.05, 0) is 42.5 Å². The normalized spacial score (nSPS) is 10.9. The van der Waals surface area contributed by atoms with E-state index in [1.807, 2.05) is 42.5 Å². The fourth-order valence-corrected chi connectivity index (χ4v) is 3.89. The Labute approximate surface area is 121 Å². The summed E-state index contributed by atoms with van der Waals surface area (Å²) in [7, 11) is -0.319. The Balaban J connectivity index is 2.14. The van der Waals surface area contributed by atoms with E-state index < -0.39 is 8.32 Å². The van der Waals surface area contributed by atoms with Crippen molar-refractivity contribution in [2.45, 2.75) is 13.1 Å². The first kappa shape index (κ1) is 14.4. The second-order valence-corrected chi connectivity index (χ2v) is 8.93. The summed E-state index contributed by atoms with van der Waals surface area (Å²) >= 11 is 0. The molecule has 0 aliphatic rings. The molecule has 104 valence electrons. The number of benzene rings is 2. The van der Waals surface area contributed by atoms with Gasteiger partial charge < -0.3 is 9.16 Å². The number of hydrogen-bond acceptors (Lipinski definition) is 2. The van der Waals surface area contributed by atoms with E-state index in [2.05, 4.69) is 31.8 Å². The van der Waals surface area contributed by atoms with Crippen molar-refractivity contribution in [2.75, 3.05) is 7.11 Å². The predicted molar refractivity (Wildman–Crippen MR) is 86.7 cm³/mol. The Morgan fingerprint density at radius 1 is 0.950 bits per heavy atom. The van der Waals surface area contributed by atoms with Crippen LogP contribution in [0.2, 0.25) is 13.1 Å². The minimum absolute atomic E-state index is 0.716. The van der Waals surface area contributed by atoms with Crippen LogP contribution in [-0.2, 0) is 4.43 Å². The van der Waals surface area contributed by atoms with Gasteiger partial charge in [0.05, 0.1) is 7.11 Å². The van der Waals surface area contributed by atoms with Crippen molar-refractivity contribution in [2.24, 2.45) is 0 Å². The van der Waals surface area contributed by atoms with Gasteiger partial charge in [-0.25, -0.2) is 0 Å². The van der Waals surface area contributed by atoms with Crippen LogP contribution < -0.4 is 9.92 Å². The first-order chi connectivity index (χ1) is 9.53. The molecule has 2 aromatic carbocycles. The van der Waals surface area contributed by atoms with Crippen molar-refractivity contribution in [1.29, 1.82) is 0 Å². The number of rotatable bonds is 5. The zero-order valence-electron chi connectivity index (χ0n) is 12.2. The first-order valence-electron chi connectivity index (χ1n) is 6.61. The summed E-state index contributed by atoms with van der Waals surface area (Å²) in [6.45, 7) is 8.42. The molecule has 0 spiro atoms. The van der Waals surface area contributed by atoms with Gasteiger partial charge in [0, 0.05) is 5.56 Å². The van der Waals surface area contributed by atoms with Crippen molar-refractivity contribution in [3.63, 3.8) is 0 Å². The Hall–Kier alpha value is -2.00. The first-order valence-corrected chi connectivity index (χ1v) is 9.51. The third kappa shape index (κ3) is 3.30. The lowest BCUT2D eigenvalue weighted by Crippen LogP contribution is -2.43. The van der Waals surface area contributed by atoms with Crippen molar-refractivity contribution >= 4 is 19.3 Å². The van der Waals surface area contributed by atoms with E-state index in [1.54, 1.807) is 7.11 Å². The van der Waals surface area contributed by atoms with E-state index in [0.717, 1.165) is 11.3 Å². The summed E-state index contributed by atoms with van der Waals surface area (Å²) in [5.41, 5.74) is 0.988. The highest BCUT2D eigenvalue weighted by Gasteiger charge is 2.27. The molecule has 0 radical (unpaired) electrons. The average Bonchev–Trinajstić information content (AvgIpc) is 2.48. The monoisotopic (exact) mass is 284 g/mol. The molecule has 0 fully saturated rings. The molecule has 0 aliphatic carbocycles. The van der Waals surface area contributed by atoms with Crippen LogP contribution in [0.4, 0.5) is 0 Å². The molecule has 2 rings (SSSR count). The van der Waals surface area contributed by atoms with Crippen molar-refractivity contribution in [3.8, 4) is 5.75 Å². The molecule has 0 atom stereocenters. The second-order valence-electron chi connectivity index (χ2n) is 5.13. The van der Waals surface area contributed by atoms with Crippen LogP contribution in [-0.4, -0.2) is 15.4 Å². The number of methoxy groups -OCH3 is 1. The van der Waals surface area contributed by atoms with Crippen molar-refractivity contribution < 1.29 is 9.16 Å². The van der Waals surface area contributed by atoms with Gasteiger partial charge in [-0.15, -0.1) is 0 Å². The highest BCUT2D eigenvalue weighted by atomic mass is 28.4. The fraction of sp³-hybridized carbons (Fsp3) is 0.176. The van der Waals surface area contributed by atoms with Gasteiger partial charge in [-0.1, -0.05) is 36.9 Å². The Bertz CT molecular complexity index is 574. The smallest absolute Gasteiger partial charge is 0.276 e. The molecule has 2 aromatic rings. The molecule has 0 bridgehead atoms. The zero-order valence-corrected chi connectivity index (χ0v) is 13.2. The third-order valence-corrected chi connectivity index (χ3v) is 5.74. The van der Waals surface area contributed by atoms with E-state index in [4.69, 9.17) is 9.16 Å². The van der Waals surface area contributed by atoms with Gasteiger partial charge in [0.25, 0.3) is 8.32 Å². The van der Waals surface area contributed by atoms with Crippen LogP contribution in [0.5, 0.6) is 5.75 Å². The Morgan fingerprint density at radius 3 is 2.10 bits per heavy atom. The van der Waals surface area contributed by atoms with Gasteiger partial charge in [0.1, 0.15) is 11.5 Å². The third-order valence-electron chi connectivity index (χ3n) is 3.26. The maximum atomic E-state index is 6.19. The molecular weight excluding hydrogens is 264 g/mol. The van der Waals surface area contributed by atoms with E-state index in [1.165, 1.54) is 5.19 Å².